The minimum atomic E-state index is -0.0486. The Morgan fingerprint density at radius 2 is 2.23 bits per heavy atom. The third-order valence-electron chi connectivity index (χ3n) is 4.61. The Morgan fingerprint density at radius 3 is 3.00 bits per heavy atom. The third kappa shape index (κ3) is 3.75. The summed E-state index contributed by atoms with van der Waals surface area (Å²) in [6.07, 6.45) is 7.64. The Hall–Kier alpha value is -1.23. The van der Waals surface area contributed by atoms with Crippen molar-refractivity contribution in [2.24, 2.45) is 5.92 Å². The molecule has 3 unspecified atom stereocenters. The molecule has 1 aliphatic carbocycles. The molecule has 0 aromatic carbocycles. The third-order valence-corrected chi connectivity index (χ3v) is 5.74. The van der Waals surface area contributed by atoms with Gasteiger partial charge < -0.3 is 10.1 Å². The van der Waals surface area contributed by atoms with Gasteiger partial charge in [-0.05, 0) is 43.1 Å². The van der Waals surface area contributed by atoms with Crippen LogP contribution in [0.1, 0.15) is 49.4 Å². The van der Waals surface area contributed by atoms with Crippen LogP contribution in [0.4, 0.5) is 0 Å². The van der Waals surface area contributed by atoms with Gasteiger partial charge in [0, 0.05) is 18.0 Å². The summed E-state index contributed by atoms with van der Waals surface area (Å²) in [5.74, 6) is 3.09. The van der Waals surface area contributed by atoms with Gasteiger partial charge in [0.15, 0.2) is 0 Å². The van der Waals surface area contributed by atoms with Crippen LogP contribution in [0.5, 0.6) is 5.88 Å². The molecule has 1 amide bonds. The van der Waals surface area contributed by atoms with Crippen molar-refractivity contribution in [3.63, 3.8) is 0 Å². The summed E-state index contributed by atoms with van der Waals surface area (Å²) in [5.41, 5.74) is 0.567. The highest BCUT2D eigenvalue weighted by Gasteiger charge is 2.26. The Labute approximate surface area is 136 Å². The molecule has 120 valence electrons. The van der Waals surface area contributed by atoms with Crippen molar-refractivity contribution in [1.82, 2.24) is 10.3 Å². The lowest BCUT2D eigenvalue weighted by Crippen LogP contribution is -2.41. The zero-order valence-corrected chi connectivity index (χ0v) is 13.9. The fourth-order valence-electron chi connectivity index (χ4n) is 3.20. The summed E-state index contributed by atoms with van der Waals surface area (Å²) in [6, 6.07) is 3.89. The summed E-state index contributed by atoms with van der Waals surface area (Å²) in [7, 11) is 0. The van der Waals surface area contributed by atoms with Gasteiger partial charge in [0.05, 0.1) is 0 Å². The first-order valence-electron chi connectivity index (χ1n) is 8.24. The number of aromatic nitrogens is 1. The molecule has 5 heteroatoms. The number of pyridine rings is 1. The normalized spacial score (nSPS) is 28.3. The van der Waals surface area contributed by atoms with E-state index >= 15 is 0 Å². The molecule has 1 aliphatic heterocycles. The molecule has 3 atom stereocenters. The van der Waals surface area contributed by atoms with Crippen LogP contribution in [0, 0.1) is 5.92 Å². The van der Waals surface area contributed by atoms with E-state index in [1.54, 1.807) is 12.3 Å². The van der Waals surface area contributed by atoms with Gasteiger partial charge >= 0.3 is 0 Å². The Balaban J connectivity index is 1.68. The highest BCUT2D eigenvalue weighted by Crippen LogP contribution is 2.26. The monoisotopic (exact) mass is 320 g/mol. The topological polar surface area (TPSA) is 51.2 Å². The molecule has 0 bridgehead atoms. The van der Waals surface area contributed by atoms with Crippen molar-refractivity contribution in [2.75, 3.05) is 11.5 Å². The molecule has 1 aromatic rings. The molecule has 1 N–H and O–H groups in total. The average Bonchev–Trinajstić information content (AvgIpc) is 3.03. The van der Waals surface area contributed by atoms with Gasteiger partial charge in [0.1, 0.15) is 11.7 Å². The van der Waals surface area contributed by atoms with Crippen LogP contribution in [0.3, 0.4) is 0 Å². The minimum Gasteiger partial charge on any atom is -0.473 e. The van der Waals surface area contributed by atoms with Crippen molar-refractivity contribution in [1.29, 1.82) is 0 Å². The van der Waals surface area contributed by atoms with Crippen molar-refractivity contribution in [3.05, 3.63) is 23.9 Å². The van der Waals surface area contributed by atoms with E-state index in [9.17, 15) is 4.79 Å². The molecule has 1 aromatic heterocycles. The molecule has 1 saturated carbocycles. The van der Waals surface area contributed by atoms with E-state index in [0.717, 1.165) is 24.3 Å². The lowest BCUT2D eigenvalue weighted by molar-refractivity contribution is 0.0902. The molecule has 2 aliphatic rings. The second-order valence-corrected chi connectivity index (χ2v) is 7.45. The summed E-state index contributed by atoms with van der Waals surface area (Å²) < 4.78 is 5.95. The Bertz CT molecular complexity index is 517. The van der Waals surface area contributed by atoms with Crippen LogP contribution >= 0.6 is 11.8 Å². The van der Waals surface area contributed by atoms with E-state index in [4.69, 9.17) is 4.74 Å². The van der Waals surface area contributed by atoms with Gasteiger partial charge in [0.25, 0.3) is 5.91 Å². The Kier molecular flexibility index (Phi) is 5.24. The molecule has 0 spiro atoms. The summed E-state index contributed by atoms with van der Waals surface area (Å²) in [6.45, 7) is 2.22. The molecule has 22 heavy (non-hydrogen) atoms. The smallest absolute Gasteiger partial charge is 0.256 e. The van der Waals surface area contributed by atoms with E-state index in [1.165, 1.54) is 19.3 Å². The van der Waals surface area contributed by atoms with E-state index in [-0.39, 0.29) is 18.1 Å². The highest BCUT2D eigenvalue weighted by molar-refractivity contribution is 7.99. The van der Waals surface area contributed by atoms with Gasteiger partial charge in [0.2, 0.25) is 5.88 Å². The molecule has 2 heterocycles. The quantitative estimate of drug-likeness (QED) is 0.925. The van der Waals surface area contributed by atoms with Gasteiger partial charge in [-0.25, -0.2) is 4.98 Å². The maximum absolute atomic E-state index is 12.6. The number of ether oxygens (including phenoxy) is 1. The van der Waals surface area contributed by atoms with Crippen LogP contribution in [0.2, 0.25) is 0 Å². The number of nitrogens with one attached hydrogen (secondary N) is 1. The summed E-state index contributed by atoms with van der Waals surface area (Å²) in [5, 5.41) is 3.19. The second kappa shape index (κ2) is 7.36. The highest BCUT2D eigenvalue weighted by atomic mass is 32.2. The van der Waals surface area contributed by atoms with Gasteiger partial charge in [-0.2, -0.15) is 11.8 Å². The molecular weight excluding hydrogens is 296 g/mol. The van der Waals surface area contributed by atoms with Gasteiger partial charge in [-0.1, -0.05) is 19.8 Å². The Morgan fingerprint density at radius 1 is 1.36 bits per heavy atom. The number of nitrogens with zero attached hydrogens (tertiary/aromatic N) is 1. The summed E-state index contributed by atoms with van der Waals surface area (Å²) in [4.78, 5) is 16.9. The maximum atomic E-state index is 12.6. The molecule has 4 nitrogen and oxygen atoms in total. The standard InChI is InChI=1S/C17H24N2O2S/c1-12-5-2-3-7-15(12)19-16(20)14-6-4-9-18-17(14)21-13-8-10-22-11-13/h4,6,9,12-13,15H,2-3,5,7-8,10-11H2,1H3,(H,19,20). The van der Waals surface area contributed by atoms with Crippen molar-refractivity contribution >= 4 is 17.7 Å². The fraction of sp³-hybridized carbons (Fsp3) is 0.647. The lowest BCUT2D eigenvalue weighted by Gasteiger charge is -2.29. The first-order chi connectivity index (χ1) is 10.7. The fourth-order valence-corrected chi connectivity index (χ4v) is 4.29. The largest absolute Gasteiger partial charge is 0.473 e. The number of hydrogen-bond acceptors (Lipinski definition) is 4. The predicted octanol–water partition coefficient (Wildman–Crippen LogP) is 3.27. The molecule has 3 rings (SSSR count). The number of carbonyl (C=O) groups is 1. The second-order valence-electron chi connectivity index (χ2n) is 6.30. The van der Waals surface area contributed by atoms with Gasteiger partial charge in [-0.15, -0.1) is 0 Å². The molecule has 1 saturated heterocycles. The predicted molar refractivity (Wildman–Crippen MR) is 89.5 cm³/mol. The average molecular weight is 320 g/mol. The maximum Gasteiger partial charge on any atom is 0.256 e. The van der Waals surface area contributed by atoms with Crippen LogP contribution in [0.15, 0.2) is 18.3 Å². The SMILES string of the molecule is CC1CCCCC1NC(=O)c1cccnc1OC1CCSC1. The lowest BCUT2D eigenvalue weighted by atomic mass is 9.86. The number of rotatable bonds is 4. The molecule has 2 fully saturated rings. The van der Waals surface area contributed by atoms with Crippen molar-refractivity contribution in [3.8, 4) is 5.88 Å². The number of amides is 1. The zero-order valence-electron chi connectivity index (χ0n) is 13.1. The van der Waals surface area contributed by atoms with Crippen molar-refractivity contribution < 1.29 is 9.53 Å². The van der Waals surface area contributed by atoms with Crippen LogP contribution in [0.25, 0.3) is 0 Å². The van der Waals surface area contributed by atoms with E-state index in [1.807, 2.05) is 17.8 Å². The van der Waals surface area contributed by atoms with Crippen molar-refractivity contribution in [2.45, 2.75) is 51.2 Å². The van der Waals surface area contributed by atoms with E-state index < -0.39 is 0 Å². The van der Waals surface area contributed by atoms with Crippen LogP contribution < -0.4 is 10.1 Å². The number of hydrogen-bond donors (Lipinski definition) is 1. The number of thioether (sulfide) groups is 1. The molecular formula is C17H24N2O2S. The zero-order chi connectivity index (χ0) is 15.4. The van der Waals surface area contributed by atoms with Gasteiger partial charge in [-0.3, -0.25) is 4.79 Å². The first-order valence-corrected chi connectivity index (χ1v) is 9.40. The minimum absolute atomic E-state index is 0.0486. The van der Waals surface area contributed by atoms with Crippen LogP contribution in [-0.4, -0.2) is 34.5 Å². The van der Waals surface area contributed by atoms with E-state index in [0.29, 0.717) is 17.4 Å². The summed E-state index contributed by atoms with van der Waals surface area (Å²) >= 11 is 1.89. The van der Waals surface area contributed by atoms with E-state index in [2.05, 4.69) is 17.2 Å². The first kappa shape index (κ1) is 15.7. The molecule has 0 radical (unpaired) electrons. The van der Waals surface area contributed by atoms with Crippen LogP contribution in [-0.2, 0) is 0 Å². The number of carbonyl (C=O) groups excluding carboxylic acids is 1.